The van der Waals surface area contributed by atoms with Crippen molar-refractivity contribution in [2.45, 2.75) is 19.3 Å². The van der Waals surface area contributed by atoms with Gasteiger partial charge in [0.1, 0.15) is 10.5 Å². The summed E-state index contributed by atoms with van der Waals surface area (Å²) >= 11 is 1.27. The van der Waals surface area contributed by atoms with E-state index < -0.39 is 0 Å². The minimum atomic E-state index is -0.274. The summed E-state index contributed by atoms with van der Waals surface area (Å²) in [7, 11) is 1.98. The van der Waals surface area contributed by atoms with Crippen LogP contribution in [0.25, 0.3) is 15.9 Å². The zero-order valence-corrected chi connectivity index (χ0v) is 17.2. The van der Waals surface area contributed by atoms with E-state index in [2.05, 4.69) is 35.9 Å². The summed E-state index contributed by atoms with van der Waals surface area (Å²) in [6.45, 7) is 4.25. The van der Waals surface area contributed by atoms with Crippen LogP contribution in [0.1, 0.15) is 29.1 Å². The van der Waals surface area contributed by atoms with Gasteiger partial charge in [0.15, 0.2) is 5.78 Å². The Labute approximate surface area is 171 Å². The van der Waals surface area contributed by atoms with E-state index in [0.29, 0.717) is 20.7 Å². The van der Waals surface area contributed by atoms with E-state index in [-0.39, 0.29) is 16.8 Å². The van der Waals surface area contributed by atoms with Crippen LogP contribution >= 0.6 is 11.3 Å². The van der Waals surface area contributed by atoms with Crippen molar-refractivity contribution in [3.63, 3.8) is 0 Å². The number of aromatic nitrogens is 2. The lowest BCUT2D eigenvalue weighted by Crippen LogP contribution is -2.24. The van der Waals surface area contributed by atoms with Gasteiger partial charge in [-0.05, 0) is 29.8 Å². The first kappa shape index (κ1) is 17.8. The van der Waals surface area contributed by atoms with Crippen LogP contribution in [-0.4, -0.2) is 22.2 Å². The van der Waals surface area contributed by atoms with Crippen molar-refractivity contribution in [3.8, 4) is 0 Å². The van der Waals surface area contributed by atoms with Gasteiger partial charge in [0.25, 0.3) is 5.56 Å². The van der Waals surface area contributed by atoms with E-state index in [1.807, 2.05) is 25.2 Å². The second-order valence-corrected chi connectivity index (χ2v) is 8.80. The minimum absolute atomic E-state index is 0.107. The monoisotopic (exact) mass is 401 g/mol. The molecule has 1 aliphatic rings. The average Bonchev–Trinajstić information content (AvgIpc) is 3.22. The standard InChI is InChI=1S/C23H19N3O2S/c1-23(2)15-8-4-5-9-16(15)25(3)19(23)13-17(27)18-12-14-21(29-18)24-20-10-6-7-11-26(20)22(14)28/h4-13H,1-3H3. The summed E-state index contributed by atoms with van der Waals surface area (Å²) in [5.74, 6) is -0.107. The van der Waals surface area contributed by atoms with Gasteiger partial charge < -0.3 is 4.90 Å². The zero-order valence-electron chi connectivity index (χ0n) is 16.3. The fourth-order valence-corrected chi connectivity index (χ4v) is 5.06. The number of carbonyl (C=O) groups is 1. The van der Waals surface area contributed by atoms with Crippen molar-refractivity contribution >= 4 is 38.7 Å². The highest BCUT2D eigenvalue weighted by atomic mass is 32.1. The number of rotatable bonds is 2. The molecule has 0 N–H and O–H groups in total. The van der Waals surface area contributed by atoms with Crippen LogP contribution in [0.5, 0.6) is 0 Å². The number of allylic oxidation sites excluding steroid dienone is 2. The Morgan fingerprint density at radius 1 is 1.14 bits per heavy atom. The molecule has 29 heavy (non-hydrogen) atoms. The molecule has 0 spiro atoms. The van der Waals surface area contributed by atoms with Gasteiger partial charge in [0.05, 0.1) is 10.3 Å². The highest BCUT2D eigenvalue weighted by molar-refractivity contribution is 7.20. The number of hydrogen-bond donors (Lipinski definition) is 0. The maximum Gasteiger partial charge on any atom is 0.266 e. The van der Waals surface area contributed by atoms with Crippen LogP contribution in [0.3, 0.4) is 0 Å². The number of anilines is 1. The molecule has 3 aromatic heterocycles. The molecule has 0 radical (unpaired) electrons. The van der Waals surface area contributed by atoms with Crippen LogP contribution in [0, 0.1) is 0 Å². The molecule has 1 aromatic carbocycles. The average molecular weight is 401 g/mol. The summed E-state index contributed by atoms with van der Waals surface area (Å²) in [6, 6.07) is 15.3. The molecule has 0 atom stereocenters. The lowest BCUT2D eigenvalue weighted by atomic mass is 9.83. The Balaban J connectivity index is 1.61. The number of carbonyl (C=O) groups excluding carboxylic acids is 1. The molecule has 4 aromatic rings. The van der Waals surface area contributed by atoms with Gasteiger partial charge in [-0.1, -0.05) is 38.1 Å². The summed E-state index contributed by atoms with van der Waals surface area (Å²) in [6.07, 6.45) is 3.39. The molecular weight excluding hydrogens is 382 g/mol. The minimum Gasteiger partial charge on any atom is -0.347 e. The van der Waals surface area contributed by atoms with Gasteiger partial charge in [-0.15, -0.1) is 11.3 Å². The number of ketones is 1. The molecule has 144 valence electrons. The Morgan fingerprint density at radius 3 is 2.69 bits per heavy atom. The quantitative estimate of drug-likeness (QED) is 0.369. The van der Waals surface area contributed by atoms with Crippen LogP contribution < -0.4 is 10.5 Å². The molecule has 6 heteroatoms. The smallest absolute Gasteiger partial charge is 0.266 e. The van der Waals surface area contributed by atoms with Gasteiger partial charge in [-0.2, -0.15) is 0 Å². The highest BCUT2D eigenvalue weighted by Crippen LogP contribution is 2.46. The first-order valence-corrected chi connectivity index (χ1v) is 10.2. The Kier molecular flexibility index (Phi) is 3.76. The molecule has 0 bridgehead atoms. The zero-order chi connectivity index (χ0) is 20.3. The lowest BCUT2D eigenvalue weighted by Gasteiger charge is -2.23. The van der Waals surface area contributed by atoms with Gasteiger partial charge in [-0.25, -0.2) is 4.98 Å². The lowest BCUT2D eigenvalue weighted by molar-refractivity contribution is 0.104. The van der Waals surface area contributed by atoms with Crippen molar-refractivity contribution in [1.82, 2.24) is 9.38 Å². The van der Waals surface area contributed by atoms with Crippen LogP contribution in [-0.2, 0) is 5.41 Å². The van der Waals surface area contributed by atoms with E-state index >= 15 is 0 Å². The van der Waals surface area contributed by atoms with Gasteiger partial charge in [-0.3, -0.25) is 14.0 Å². The van der Waals surface area contributed by atoms with Gasteiger partial charge in [0.2, 0.25) is 0 Å². The van der Waals surface area contributed by atoms with E-state index in [0.717, 1.165) is 11.4 Å². The number of para-hydroxylation sites is 1. The third kappa shape index (κ3) is 2.56. The maximum atomic E-state index is 13.1. The molecule has 4 heterocycles. The van der Waals surface area contributed by atoms with Crippen LogP contribution in [0.2, 0.25) is 0 Å². The Hall–Kier alpha value is -3.25. The molecular formula is C23H19N3O2S. The molecule has 0 unspecified atom stereocenters. The van der Waals surface area contributed by atoms with Crippen molar-refractivity contribution in [1.29, 1.82) is 0 Å². The molecule has 0 fully saturated rings. The van der Waals surface area contributed by atoms with E-state index in [9.17, 15) is 9.59 Å². The third-order valence-corrected chi connectivity index (χ3v) is 6.71. The first-order valence-electron chi connectivity index (χ1n) is 9.38. The summed E-state index contributed by atoms with van der Waals surface area (Å²) < 4.78 is 1.51. The van der Waals surface area contributed by atoms with Gasteiger partial charge in [0, 0.05) is 36.1 Å². The van der Waals surface area contributed by atoms with Crippen LogP contribution in [0.4, 0.5) is 5.69 Å². The van der Waals surface area contributed by atoms with E-state index in [4.69, 9.17) is 0 Å². The number of fused-ring (bicyclic) bond motifs is 3. The normalized spacial score (nSPS) is 16.7. The molecule has 0 amide bonds. The van der Waals surface area contributed by atoms with E-state index in [1.54, 1.807) is 30.5 Å². The number of hydrogen-bond acceptors (Lipinski definition) is 5. The molecule has 0 aliphatic carbocycles. The maximum absolute atomic E-state index is 13.1. The summed E-state index contributed by atoms with van der Waals surface area (Å²) in [5, 5.41) is 0.475. The molecule has 1 aliphatic heterocycles. The fraction of sp³-hybridized carbons (Fsp3) is 0.174. The van der Waals surface area contributed by atoms with Crippen molar-refractivity contribution in [2.75, 3.05) is 11.9 Å². The molecule has 0 saturated carbocycles. The second-order valence-electron chi connectivity index (χ2n) is 7.77. The number of nitrogens with zero attached hydrogens (tertiary/aromatic N) is 3. The van der Waals surface area contributed by atoms with Crippen molar-refractivity contribution in [3.05, 3.63) is 87.3 Å². The van der Waals surface area contributed by atoms with Gasteiger partial charge >= 0.3 is 0 Å². The largest absolute Gasteiger partial charge is 0.347 e. The molecule has 5 rings (SSSR count). The van der Waals surface area contributed by atoms with Crippen molar-refractivity contribution < 1.29 is 4.79 Å². The first-order chi connectivity index (χ1) is 13.9. The highest BCUT2D eigenvalue weighted by Gasteiger charge is 2.38. The van der Waals surface area contributed by atoms with Crippen LogP contribution in [0.15, 0.2) is 71.3 Å². The number of thiophene rings is 1. The predicted molar refractivity (Wildman–Crippen MR) is 117 cm³/mol. The number of pyridine rings is 1. The summed E-state index contributed by atoms with van der Waals surface area (Å²) in [4.78, 5) is 33.6. The molecule has 5 nitrogen and oxygen atoms in total. The third-order valence-electron chi connectivity index (χ3n) is 5.67. The SMILES string of the molecule is CN1C(=CC(=O)c2cc3c(=O)n4ccccc4nc3s2)C(C)(C)c2ccccc21. The summed E-state index contributed by atoms with van der Waals surface area (Å²) in [5.41, 5.74) is 3.40. The second kappa shape index (κ2) is 6.12. The fourth-order valence-electron chi connectivity index (χ4n) is 4.12. The Bertz CT molecular complexity index is 1390. The molecule has 0 saturated heterocycles. The van der Waals surface area contributed by atoms with E-state index in [1.165, 1.54) is 21.3 Å². The predicted octanol–water partition coefficient (Wildman–Crippen LogP) is 4.40. The Morgan fingerprint density at radius 2 is 1.90 bits per heavy atom. The number of benzene rings is 1. The van der Waals surface area contributed by atoms with Crippen molar-refractivity contribution in [2.24, 2.45) is 0 Å². The topological polar surface area (TPSA) is 54.7 Å². The number of likely N-dealkylation sites (N-methyl/N-ethyl adjacent to an activating group) is 1.